The van der Waals surface area contributed by atoms with Crippen LogP contribution in [-0.2, 0) is 13.1 Å². The first-order chi connectivity index (χ1) is 15.3. The molecule has 4 rings (SSSR count). The first kappa shape index (κ1) is 21.0. The fraction of sp³-hybridized carbons (Fsp3) is 0.435. The highest BCUT2D eigenvalue weighted by atomic mass is 16.5. The van der Waals surface area contributed by atoms with Crippen molar-refractivity contribution in [2.75, 3.05) is 13.7 Å². The number of ether oxygens (including phenoxy) is 2. The summed E-state index contributed by atoms with van der Waals surface area (Å²) in [5.74, 6) is 3.12. The van der Waals surface area contributed by atoms with Crippen LogP contribution in [0.1, 0.15) is 44.0 Å². The minimum atomic E-state index is 0.301. The topological polar surface area (TPSA) is 85.1 Å². The number of nitrogens with zero attached hydrogens (tertiary/aromatic N) is 4. The van der Waals surface area contributed by atoms with Crippen LogP contribution in [0, 0.1) is 0 Å². The maximum absolute atomic E-state index is 6.13. The maximum Gasteiger partial charge on any atom is 0.191 e. The van der Waals surface area contributed by atoms with Crippen molar-refractivity contribution in [2.45, 2.75) is 51.8 Å². The van der Waals surface area contributed by atoms with E-state index in [1.54, 1.807) is 7.11 Å². The van der Waals surface area contributed by atoms with E-state index in [0.717, 1.165) is 53.9 Å². The Kier molecular flexibility index (Phi) is 6.86. The molecule has 1 aliphatic carbocycles. The van der Waals surface area contributed by atoms with Gasteiger partial charge >= 0.3 is 0 Å². The monoisotopic (exact) mass is 422 g/mol. The molecule has 1 saturated carbocycles. The number of hydrogen-bond donors (Lipinski definition) is 2. The molecule has 2 N–H and O–H groups in total. The van der Waals surface area contributed by atoms with E-state index in [4.69, 9.17) is 14.5 Å². The highest BCUT2D eigenvalue weighted by molar-refractivity contribution is 5.79. The fourth-order valence-electron chi connectivity index (χ4n) is 3.78. The SMILES string of the molecule is CCNC(=NCc1ccc(OC2CCCC2)c(OC)c1)NCc1nnc2ccccn12. The lowest BCUT2D eigenvalue weighted by atomic mass is 10.2. The molecule has 0 aliphatic heterocycles. The number of benzene rings is 1. The van der Waals surface area contributed by atoms with Gasteiger partial charge in [-0.25, -0.2) is 4.99 Å². The van der Waals surface area contributed by atoms with Crippen LogP contribution in [0.25, 0.3) is 5.65 Å². The Morgan fingerprint density at radius 1 is 1.13 bits per heavy atom. The number of aromatic nitrogens is 3. The average Bonchev–Trinajstić information content (AvgIpc) is 3.46. The van der Waals surface area contributed by atoms with E-state index < -0.39 is 0 Å². The van der Waals surface area contributed by atoms with E-state index in [9.17, 15) is 0 Å². The van der Waals surface area contributed by atoms with Gasteiger partial charge in [0.15, 0.2) is 28.9 Å². The van der Waals surface area contributed by atoms with E-state index in [2.05, 4.69) is 20.8 Å². The number of guanidine groups is 1. The van der Waals surface area contributed by atoms with Gasteiger partial charge in [-0.1, -0.05) is 12.1 Å². The van der Waals surface area contributed by atoms with Crippen LogP contribution in [0.5, 0.6) is 11.5 Å². The third kappa shape index (κ3) is 5.25. The molecule has 1 aliphatic rings. The highest BCUT2D eigenvalue weighted by Gasteiger charge is 2.18. The molecule has 0 radical (unpaired) electrons. The molecule has 164 valence electrons. The highest BCUT2D eigenvalue weighted by Crippen LogP contribution is 2.32. The molecule has 8 nitrogen and oxygen atoms in total. The van der Waals surface area contributed by atoms with Crippen LogP contribution in [-0.4, -0.2) is 40.3 Å². The van der Waals surface area contributed by atoms with Crippen molar-refractivity contribution in [3.8, 4) is 11.5 Å². The van der Waals surface area contributed by atoms with E-state index in [1.165, 1.54) is 12.8 Å². The Hall–Kier alpha value is -3.29. The van der Waals surface area contributed by atoms with E-state index >= 15 is 0 Å². The minimum Gasteiger partial charge on any atom is -0.493 e. The van der Waals surface area contributed by atoms with Gasteiger partial charge in [-0.3, -0.25) is 4.40 Å². The Morgan fingerprint density at radius 3 is 2.81 bits per heavy atom. The number of pyridine rings is 1. The molecule has 0 atom stereocenters. The molecule has 8 heteroatoms. The summed E-state index contributed by atoms with van der Waals surface area (Å²) >= 11 is 0. The van der Waals surface area contributed by atoms with Crippen molar-refractivity contribution in [3.63, 3.8) is 0 Å². The minimum absolute atomic E-state index is 0.301. The molecule has 0 bridgehead atoms. The zero-order valence-corrected chi connectivity index (χ0v) is 18.2. The van der Waals surface area contributed by atoms with Gasteiger partial charge in [0.25, 0.3) is 0 Å². The number of nitrogens with one attached hydrogen (secondary N) is 2. The summed E-state index contributed by atoms with van der Waals surface area (Å²) in [7, 11) is 1.68. The van der Waals surface area contributed by atoms with Gasteiger partial charge in [-0.15, -0.1) is 10.2 Å². The third-order valence-electron chi connectivity index (χ3n) is 5.39. The van der Waals surface area contributed by atoms with Crippen LogP contribution < -0.4 is 20.1 Å². The largest absolute Gasteiger partial charge is 0.493 e. The van der Waals surface area contributed by atoms with Gasteiger partial charge < -0.3 is 20.1 Å². The predicted molar refractivity (Wildman–Crippen MR) is 121 cm³/mol. The molecule has 1 aromatic carbocycles. The summed E-state index contributed by atoms with van der Waals surface area (Å²) in [5, 5.41) is 15.1. The molecule has 0 unspecified atom stereocenters. The standard InChI is InChI=1S/C23H30N6O2/c1-3-24-23(26-16-22-28-27-21-10-6-7-13-29(21)22)25-15-17-11-12-19(20(14-17)30-2)31-18-8-4-5-9-18/h6-7,10-14,18H,3-5,8-9,15-16H2,1-2H3,(H2,24,25,26). The smallest absolute Gasteiger partial charge is 0.191 e. The number of aliphatic imine (C=N–C) groups is 1. The van der Waals surface area contributed by atoms with Crippen LogP contribution in [0.3, 0.4) is 0 Å². The second-order valence-corrected chi connectivity index (χ2v) is 7.60. The summed E-state index contributed by atoms with van der Waals surface area (Å²) in [6.45, 7) is 3.86. The van der Waals surface area contributed by atoms with Gasteiger partial charge in [0.1, 0.15) is 0 Å². The number of hydrogen-bond acceptors (Lipinski definition) is 5. The Balaban J connectivity index is 1.41. The lowest BCUT2D eigenvalue weighted by molar-refractivity contribution is 0.200. The number of methoxy groups -OCH3 is 1. The van der Waals surface area contributed by atoms with Crippen LogP contribution in [0.4, 0.5) is 0 Å². The molecular formula is C23H30N6O2. The van der Waals surface area contributed by atoms with Gasteiger partial charge in [-0.2, -0.15) is 0 Å². The van der Waals surface area contributed by atoms with Crippen molar-refractivity contribution >= 4 is 11.6 Å². The Morgan fingerprint density at radius 2 is 2.00 bits per heavy atom. The average molecular weight is 423 g/mol. The van der Waals surface area contributed by atoms with Gasteiger partial charge in [-0.05, 0) is 62.4 Å². The van der Waals surface area contributed by atoms with Crippen LogP contribution >= 0.6 is 0 Å². The lowest BCUT2D eigenvalue weighted by Gasteiger charge is -2.16. The zero-order valence-electron chi connectivity index (χ0n) is 18.2. The molecule has 2 heterocycles. The van der Waals surface area contributed by atoms with E-state index in [1.807, 2.05) is 53.9 Å². The van der Waals surface area contributed by atoms with Crippen molar-refractivity contribution < 1.29 is 9.47 Å². The molecule has 3 aromatic rings. The summed E-state index contributed by atoms with van der Waals surface area (Å²) in [6, 6.07) is 11.9. The fourth-order valence-corrected chi connectivity index (χ4v) is 3.78. The summed E-state index contributed by atoms with van der Waals surface area (Å²) in [6.07, 6.45) is 6.98. The van der Waals surface area contributed by atoms with Crippen molar-refractivity contribution in [3.05, 3.63) is 54.0 Å². The zero-order chi connectivity index (χ0) is 21.5. The van der Waals surface area contributed by atoms with Gasteiger partial charge in [0, 0.05) is 12.7 Å². The summed E-state index contributed by atoms with van der Waals surface area (Å²) in [5.41, 5.74) is 1.88. The predicted octanol–water partition coefficient (Wildman–Crippen LogP) is 3.31. The molecular weight excluding hydrogens is 392 g/mol. The van der Waals surface area contributed by atoms with Crippen molar-refractivity contribution in [1.29, 1.82) is 0 Å². The summed E-state index contributed by atoms with van der Waals surface area (Å²) in [4.78, 5) is 4.71. The number of rotatable bonds is 8. The van der Waals surface area contributed by atoms with Crippen molar-refractivity contribution in [2.24, 2.45) is 4.99 Å². The quantitative estimate of drug-likeness (QED) is 0.428. The van der Waals surface area contributed by atoms with Gasteiger partial charge in [0.05, 0.1) is 26.3 Å². The molecule has 31 heavy (non-hydrogen) atoms. The van der Waals surface area contributed by atoms with Crippen LogP contribution in [0.2, 0.25) is 0 Å². The van der Waals surface area contributed by atoms with E-state index in [0.29, 0.717) is 19.2 Å². The Labute approximate surface area is 182 Å². The second kappa shape index (κ2) is 10.1. The third-order valence-corrected chi connectivity index (χ3v) is 5.39. The maximum atomic E-state index is 6.13. The normalized spacial score (nSPS) is 14.7. The van der Waals surface area contributed by atoms with Crippen molar-refractivity contribution in [1.82, 2.24) is 25.2 Å². The molecule has 1 fully saturated rings. The first-order valence-electron chi connectivity index (χ1n) is 10.9. The first-order valence-corrected chi connectivity index (χ1v) is 10.9. The van der Waals surface area contributed by atoms with Gasteiger partial charge in [0.2, 0.25) is 0 Å². The lowest BCUT2D eigenvalue weighted by Crippen LogP contribution is -2.37. The number of fused-ring (bicyclic) bond motifs is 1. The molecule has 2 aromatic heterocycles. The Bertz CT molecular complexity index is 1030. The second-order valence-electron chi connectivity index (χ2n) is 7.60. The summed E-state index contributed by atoms with van der Waals surface area (Å²) < 4.78 is 13.7. The van der Waals surface area contributed by atoms with Crippen LogP contribution in [0.15, 0.2) is 47.6 Å². The molecule has 0 amide bonds. The molecule has 0 saturated heterocycles. The van der Waals surface area contributed by atoms with E-state index in [-0.39, 0.29) is 0 Å². The molecule has 0 spiro atoms.